The van der Waals surface area contributed by atoms with E-state index in [1.165, 1.54) is 0 Å². The molecule has 2 aromatic heterocycles. The second kappa shape index (κ2) is 8.35. The first kappa shape index (κ1) is 20.1. The highest BCUT2D eigenvalue weighted by Crippen LogP contribution is 2.39. The predicted molar refractivity (Wildman–Crippen MR) is 119 cm³/mol. The topological polar surface area (TPSA) is 106 Å². The van der Waals surface area contributed by atoms with Gasteiger partial charge in [-0.2, -0.15) is 5.10 Å². The summed E-state index contributed by atoms with van der Waals surface area (Å²) in [5.41, 5.74) is 2.75. The molecule has 4 aromatic rings. The highest BCUT2D eigenvalue weighted by atomic mass is 16.6. The average Bonchev–Trinajstić information content (AvgIpc) is 3.37. The van der Waals surface area contributed by atoms with Crippen LogP contribution in [0.3, 0.4) is 0 Å². The van der Waals surface area contributed by atoms with Crippen LogP contribution in [0, 0.1) is 0 Å². The summed E-state index contributed by atoms with van der Waals surface area (Å²) >= 11 is 0. The van der Waals surface area contributed by atoms with Crippen LogP contribution in [0.15, 0.2) is 48.8 Å². The zero-order valence-electron chi connectivity index (χ0n) is 17.8. The highest BCUT2D eigenvalue weighted by Gasteiger charge is 2.27. The van der Waals surface area contributed by atoms with Gasteiger partial charge in [0, 0.05) is 36.8 Å². The summed E-state index contributed by atoms with van der Waals surface area (Å²) in [6.07, 6.45) is 3.13. The van der Waals surface area contributed by atoms with Crippen molar-refractivity contribution in [1.82, 2.24) is 20.2 Å². The first-order chi connectivity index (χ1) is 15.7. The monoisotopic (exact) mass is 433 g/mol. The third kappa shape index (κ3) is 3.67. The molecule has 0 fully saturated rings. The van der Waals surface area contributed by atoms with Crippen LogP contribution >= 0.6 is 0 Å². The van der Waals surface area contributed by atoms with Crippen molar-refractivity contribution in [3.8, 4) is 28.4 Å². The number of nitrogens with zero attached hydrogens (tertiary/aromatic N) is 4. The van der Waals surface area contributed by atoms with E-state index >= 15 is 0 Å². The van der Waals surface area contributed by atoms with Crippen molar-refractivity contribution in [2.24, 2.45) is 0 Å². The molecule has 2 aromatic carbocycles. The minimum Gasteiger partial charge on any atom is -0.497 e. The Hall–Kier alpha value is -3.85. The van der Waals surface area contributed by atoms with Gasteiger partial charge in [0.15, 0.2) is 23.4 Å². The van der Waals surface area contributed by atoms with Gasteiger partial charge in [0.1, 0.15) is 18.2 Å². The molecule has 1 aliphatic rings. The zero-order chi connectivity index (χ0) is 22.1. The lowest BCUT2D eigenvalue weighted by Crippen LogP contribution is -2.27. The largest absolute Gasteiger partial charge is 0.497 e. The number of H-pyrrole nitrogens is 1. The fourth-order valence-corrected chi connectivity index (χ4v) is 3.72. The summed E-state index contributed by atoms with van der Waals surface area (Å²) in [6.45, 7) is 0.736. The van der Waals surface area contributed by atoms with E-state index in [1.54, 1.807) is 19.4 Å². The number of rotatable bonds is 6. The van der Waals surface area contributed by atoms with Gasteiger partial charge < -0.3 is 24.2 Å². The molecule has 9 heteroatoms. The highest BCUT2D eigenvalue weighted by molar-refractivity contribution is 5.93. The number of aliphatic hydroxyl groups excluding tert-OH is 1. The number of hydrogen-bond acceptors (Lipinski definition) is 8. The summed E-state index contributed by atoms with van der Waals surface area (Å²) in [5.74, 6) is 3.16. The van der Waals surface area contributed by atoms with Crippen molar-refractivity contribution < 1.29 is 19.3 Å². The van der Waals surface area contributed by atoms with Gasteiger partial charge in [-0.3, -0.25) is 5.10 Å². The fourth-order valence-electron chi connectivity index (χ4n) is 3.72. The number of likely N-dealkylation sites (N-methyl/N-ethyl adjacent to an activating group) is 1. The van der Waals surface area contributed by atoms with Crippen molar-refractivity contribution in [1.29, 1.82) is 0 Å². The van der Waals surface area contributed by atoms with Gasteiger partial charge in [0.2, 0.25) is 0 Å². The number of methoxy groups -OCH3 is 1. The molecular weight excluding hydrogens is 410 g/mol. The molecule has 2 N–H and O–H groups in total. The number of fused-ring (bicyclic) bond motifs is 2. The van der Waals surface area contributed by atoms with Gasteiger partial charge in [0.05, 0.1) is 25.4 Å². The van der Waals surface area contributed by atoms with Crippen molar-refractivity contribution >= 4 is 16.7 Å². The van der Waals surface area contributed by atoms with E-state index in [9.17, 15) is 5.11 Å². The molecule has 1 aliphatic heterocycles. The normalized spacial score (nSPS) is 15.0. The molecule has 32 heavy (non-hydrogen) atoms. The minimum absolute atomic E-state index is 0.00889. The Kier molecular flexibility index (Phi) is 5.24. The van der Waals surface area contributed by atoms with E-state index in [0.717, 1.165) is 22.0 Å². The van der Waals surface area contributed by atoms with Crippen LogP contribution in [0.5, 0.6) is 17.2 Å². The summed E-state index contributed by atoms with van der Waals surface area (Å²) in [6, 6.07) is 11.4. The molecule has 5 rings (SSSR count). The number of aromatic amines is 1. The van der Waals surface area contributed by atoms with Crippen LogP contribution in [0.2, 0.25) is 0 Å². The molecular formula is C23H23N5O4. The van der Waals surface area contributed by atoms with Crippen LogP contribution < -0.4 is 19.1 Å². The maximum Gasteiger partial charge on any atom is 0.192 e. The summed E-state index contributed by atoms with van der Waals surface area (Å²) < 4.78 is 17.4. The Bertz CT molecular complexity index is 1240. The average molecular weight is 433 g/mol. The van der Waals surface area contributed by atoms with Gasteiger partial charge in [-0.15, -0.1) is 0 Å². The van der Waals surface area contributed by atoms with E-state index in [-0.39, 0.29) is 6.61 Å². The Morgan fingerprint density at radius 2 is 2.06 bits per heavy atom. The van der Waals surface area contributed by atoms with E-state index in [0.29, 0.717) is 42.0 Å². The van der Waals surface area contributed by atoms with Crippen molar-refractivity contribution in [2.45, 2.75) is 6.10 Å². The molecule has 1 atom stereocenters. The van der Waals surface area contributed by atoms with Gasteiger partial charge in [-0.25, -0.2) is 9.97 Å². The Balaban J connectivity index is 1.57. The molecule has 9 nitrogen and oxygen atoms in total. The minimum atomic E-state index is -0.478. The van der Waals surface area contributed by atoms with E-state index in [4.69, 9.17) is 24.2 Å². The number of benzene rings is 2. The maximum absolute atomic E-state index is 9.50. The molecule has 0 bridgehead atoms. The molecule has 0 aliphatic carbocycles. The first-order valence-corrected chi connectivity index (χ1v) is 10.3. The number of aliphatic hydroxyl groups is 1. The second-order valence-corrected chi connectivity index (χ2v) is 7.50. The Morgan fingerprint density at radius 3 is 2.84 bits per heavy atom. The van der Waals surface area contributed by atoms with Crippen LogP contribution in [0.1, 0.15) is 11.9 Å². The molecule has 0 amide bonds. The van der Waals surface area contributed by atoms with Crippen LogP contribution in [0.4, 0.5) is 5.82 Å². The second-order valence-electron chi connectivity index (χ2n) is 7.50. The van der Waals surface area contributed by atoms with E-state index in [2.05, 4.69) is 10.2 Å². The van der Waals surface area contributed by atoms with Crippen molar-refractivity contribution in [2.75, 3.05) is 38.8 Å². The van der Waals surface area contributed by atoms with Gasteiger partial charge in [0.25, 0.3) is 0 Å². The smallest absolute Gasteiger partial charge is 0.192 e. The lowest BCUT2D eigenvalue weighted by atomic mass is 10.1. The summed E-state index contributed by atoms with van der Waals surface area (Å²) in [5, 5.41) is 17.2. The first-order valence-electron chi connectivity index (χ1n) is 10.3. The summed E-state index contributed by atoms with van der Waals surface area (Å²) in [4.78, 5) is 11.5. The maximum atomic E-state index is 9.50. The quantitative estimate of drug-likeness (QED) is 0.478. The van der Waals surface area contributed by atoms with Gasteiger partial charge in [-0.1, -0.05) is 6.07 Å². The Labute approximate surface area is 184 Å². The fraction of sp³-hybridized carbons (Fsp3) is 0.261. The third-order valence-corrected chi connectivity index (χ3v) is 5.42. The molecule has 164 valence electrons. The lowest BCUT2D eigenvalue weighted by Gasteiger charge is -2.27. The molecule has 0 spiro atoms. The van der Waals surface area contributed by atoms with Crippen molar-refractivity contribution in [3.63, 3.8) is 0 Å². The third-order valence-electron chi connectivity index (χ3n) is 5.42. The SMILES string of the molecule is COc1ccc2c(c1)OC(c1nc(N(C)CCO)c3cc(-c4cn[nH]c4)ccc3n1)CO2. The number of hydrogen-bond donors (Lipinski definition) is 2. The summed E-state index contributed by atoms with van der Waals surface area (Å²) in [7, 11) is 3.50. The standard InChI is InChI=1S/C23H23N5O4/c1-28(7-8-29)23-17-9-14(15-11-24-25-12-15)3-5-18(17)26-22(27-23)21-13-31-19-6-4-16(30-2)10-20(19)32-21/h3-6,9-12,21,29H,7-8,13H2,1-2H3,(H,24,25). The van der Waals surface area contributed by atoms with E-state index < -0.39 is 6.10 Å². The Morgan fingerprint density at radius 1 is 1.16 bits per heavy atom. The number of anilines is 1. The van der Waals surface area contributed by atoms with E-state index in [1.807, 2.05) is 48.5 Å². The van der Waals surface area contributed by atoms with Crippen LogP contribution in [-0.4, -0.2) is 59.2 Å². The van der Waals surface area contributed by atoms with Crippen LogP contribution in [-0.2, 0) is 0 Å². The number of aromatic nitrogens is 4. The molecule has 3 heterocycles. The zero-order valence-corrected chi connectivity index (χ0v) is 17.8. The van der Waals surface area contributed by atoms with Gasteiger partial charge in [-0.05, 0) is 29.8 Å². The molecule has 1 unspecified atom stereocenters. The number of ether oxygens (including phenoxy) is 3. The van der Waals surface area contributed by atoms with Gasteiger partial charge >= 0.3 is 0 Å². The molecule has 0 radical (unpaired) electrons. The number of nitrogens with one attached hydrogen (secondary N) is 1. The predicted octanol–water partition coefficient (Wildman–Crippen LogP) is 2.97. The molecule has 0 saturated heterocycles. The van der Waals surface area contributed by atoms with Crippen molar-refractivity contribution in [3.05, 3.63) is 54.6 Å². The molecule has 0 saturated carbocycles. The lowest BCUT2D eigenvalue weighted by molar-refractivity contribution is 0.0849. The van der Waals surface area contributed by atoms with Crippen LogP contribution in [0.25, 0.3) is 22.0 Å².